The Balaban J connectivity index is 1.98. The highest BCUT2D eigenvalue weighted by atomic mass is 16.4. The average molecular weight is 244 g/mol. The summed E-state index contributed by atoms with van der Waals surface area (Å²) in [4.78, 5) is 25.3. The van der Waals surface area contributed by atoms with Crippen molar-refractivity contribution in [3.8, 4) is 0 Å². The third-order valence-corrected chi connectivity index (χ3v) is 2.51. The number of carbonyl (C=O) groups is 2. The van der Waals surface area contributed by atoms with E-state index in [4.69, 9.17) is 5.11 Å². The van der Waals surface area contributed by atoms with Crippen molar-refractivity contribution in [3.05, 3.63) is 59.4 Å². The number of benzene rings is 1. The number of amides is 1. The van der Waals surface area contributed by atoms with Crippen molar-refractivity contribution in [1.82, 2.24) is 10.3 Å². The van der Waals surface area contributed by atoms with Crippen LogP contribution in [0.4, 0.5) is 0 Å². The lowest BCUT2D eigenvalue weighted by Crippen LogP contribution is -2.22. The van der Waals surface area contributed by atoms with Crippen molar-refractivity contribution in [2.45, 2.75) is 6.54 Å². The monoisotopic (exact) mass is 244 g/mol. The molecule has 0 atom stereocenters. The molecule has 0 saturated heterocycles. The van der Waals surface area contributed by atoms with E-state index in [0.29, 0.717) is 12.1 Å². The van der Waals surface area contributed by atoms with Gasteiger partial charge in [0, 0.05) is 24.5 Å². The number of aromatic carboxylic acids is 1. The minimum atomic E-state index is -1.01. The second-order valence-corrected chi connectivity index (χ2v) is 3.78. The summed E-state index contributed by atoms with van der Waals surface area (Å²) in [5.41, 5.74) is 1.58. The number of carboxylic acids is 1. The van der Waals surface area contributed by atoms with Gasteiger partial charge in [0.2, 0.25) is 0 Å². The van der Waals surface area contributed by atoms with Gasteiger partial charge in [0.25, 0.3) is 5.91 Å². The summed E-state index contributed by atoms with van der Waals surface area (Å²) in [7, 11) is 0. The van der Waals surface area contributed by atoms with Crippen LogP contribution in [0, 0.1) is 0 Å². The third-order valence-electron chi connectivity index (χ3n) is 2.51. The Morgan fingerprint density at radius 1 is 1.11 bits per heavy atom. The summed E-state index contributed by atoms with van der Waals surface area (Å²) in [6.45, 7) is 0.434. The van der Waals surface area contributed by atoms with Crippen LogP contribution in [-0.4, -0.2) is 22.0 Å². The van der Waals surface area contributed by atoms with Crippen LogP contribution >= 0.6 is 0 Å². The molecule has 1 amide bonds. The van der Waals surface area contributed by atoms with Crippen LogP contribution in [-0.2, 0) is 6.54 Å². The zero-order chi connectivity index (χ0) is 13.0. The van der Waals surface area contributed by atoms with Gasteiger partial charge in [-0.25, -0.2) is 4.79 Å². The third kappa shape index (κ3) is 2.76. The number of carboxylic acid groups (broad SMARTS) is 1. The zero-order valence-electron chi connectivity index (χ0n) is 9.51. The molecular formula is C13H12N2O3. The highest BCUT2D eigenvalue weighted by Crippen LogP contribution is 2.05. The van der Waals surface area contributed by atoms with Crippen molar-refractivity contribution in [2.75, 3.05) is 0 Å². The van der Waals surface area contributed by atoms with Crippen molar-refractivity contribution in [2.24, 2.45) is 0 Å². The van der Waals surface area contributed by atoms with Gasteiger partial charge >= 0.3 is 5.97 Å². The maximum atomic E-state index is 11.8. The van der Waals surface area contributed by atoms with Gasteiger partial charge in [0.1, 0.15) is 0 Å². The fourth-order valence-electron chi connectivity index (χ4n) is 1.52. The largest absolute Gasteiger partial charge is 0.478 e. The molecule has 0 unspecified atom stereocenters. The summed E-state index contributed by atoms with van der Waals surface area (Å²) in [6.07, 6.45) is 3.58. The van der Waals surface area contributed by atoms with Crippen molar-refractivity contribution in [3.63, 3.8) is 0 Å². The number of aromatic nitrogens is 1. The van der Waals surface area contributed by atoms with Gasteiger partial charge in [-0.05, 0) is 35.9 Å². The van der Waals surface area contributed by atoms with E-state index in [0.717, 1.165) is 5.56 Å². The van der Waals surface area contributed by atoms with Crippen molar-refractivity contribution < 1.29 is 14.7 Å². The second kappa shape index (κ2) is 5.18. The Kier molecular flexibility index (Phi) is 3.43. The predicted molar refractivity (Wildman–Crippen MR) is 65.4 cm³/mol. The van der Waals surface area contributed by atoms with Gasteiger partial charge in [0.15, 0.2) is 0 Å². The second-order valence-electron chi connectivity index (χ2n) is 3.78. The topological polar surface area (TPSA) is 82.2 Å². The summed E-state index contributed by atoms with van der Waals surface area (Å²) in [5.74, 6) is -1.23. The molecule has 3 N–H and O–H groups in total. The molecule has 0 fully saturated rings. The number of hydrogen-bond acceptors (Lipinski definition) is 2. The first kappa shape index (κ1) is 11.9. The van der Waals surface area contributed by atoms with Gasteiger partial charge in [-0.2, -0.15) is 0 Å². The molecule has 0 aliphatic carbocycles. The van der Waals surface area contributed by atoms with E-state index in [1.165, 1.54) is 24.3 Å². The van der Waals surface area contributed by atoms with Crippen LogP contribution in [0.25, 0.3) is 0 Å². The fraction of sp³-hybridized carbons (Fsp3) is 0.0769. The maximum absolute atomic E-state index is 11.8. The highest BCUT2D eigenvalue weighted by Gasteiger charge is 2.07. The van der Waals surface area contributed by atoms with E-state index in [-0.39, 0.29) is 11.5 Å². The minimum Gasteiger partial charge on any atom is -0.478 e. The number of H-pyrrole nitrogens is 1. The summed E-state index contributed by atoms with van der Waals surface area (Å²) < 4.78 is 0. The smallest absolute Gasteiger partial charge is 0.335 e. The first-order chi connectivity index (χ1) is 8.66. The molecule has 1 aromatic carbocycles. The van der Waals surface area contributed by atoms with Gasteiger partial charge < -0.3 is 15.4 Å². The molecule has 5 nitrogen and oxygen atoms in total. The Bertz CT molecular complexity index is 544. The number of nitrogens with one attached hydrogen (secondary N) is 2. The number of carbonyl (C=O) groups excluding carboxylic acids is 1. The van der Waals surface area contributed by atoms with Crippen molar-refractivity contribution >= 4 is 11.9 Å². The van der Waals surface area contributed by atoms with Gasteiger partial charge in [-0.3, -0.25) is 4.79 Å². The van der Waals surface area contributed by atoms with E-state index < -0.39 is 5.97 Å². The molecule has 5 heteroatoms. The average Bonchev–Trinajstić information content (AvgIpc) is 2.89. The van der Waals surface area contributed by atoms with Gasteiger partial charge in [-0.1, -0.05) is 0 Å². The van der Waals surface area contributed by atoms with Crippen LogP contribution in [0.1, 0.15) is 26.3 Å². The van der Waals surface area contributed by atoms with Crippen molar-refractivity contribution in [1.29, 1.82) is 0 Å². The minimum absolute atomic E-state index is 0.164. The molecular weight excluding hydrogens is 232 g/mol. The van der Waals surface area contributed by atoms with Crippen LogP contribution < -0.4 is 5.32 Å². The standard InChI is InChI=1S/C13H12N2O3/c16-12(15-8-9-5-6-14-7-9)10-1-3-11(4-2-10)13(17)18/h1-7,14H,8H2,(H,15,16)(H,17,18). The molecule has 2 aromatic rings. The molecule has 0 radical (unpaired) electrons. The molecule has 2 rings (SSSR count). The Hall–Kier alpha value is -2.56. The fourth-order valence-corrected chi connectivity index (χ4v) is 1.52. The Labute approximate surface area is 103 Å². The summed E-state index contributed by atoms with van der Waals surface area (Å²) >= 11 is 0. The van der Waals surface area contributed by atoms with Gasteiger partial charge in [-0.15, -0.1) is 0 Å². The summed E-state index contributed by atoms with van der Waals surface area (Å²) in [6, 6.07) is 7.68. The normalized spacial score (nSPS) is 10.0. The molecule has 0 spiro atoms. The lowest BCUT2D eigenvalue weighted by molar-refractivity contribution is 0.0696. The van der Waals surface area contributed by atoms with Crippen LogP contribution in [0.3, 0.4) is 0 Å². The number of rotatable bonds is 4. The SMILES string of the molecule is O=C(O)c1ccc(C(=O)NCc2cc[nH]c2)cc1. The first-order valence-electron chi connectivity index (χ1n) is 5.40. The molecule has 92 valence electrons. The Morgan fingerprint density at radius 2 is 1.78 bits per heavy atom. The Morgan fingerprint density at radius 3 is 2.33 bits per heavy atom. The molecule has 1 aromatic heterocycles. The number of hydrogen-bond donors (Lipinski definition) is 3. The van der Waals surface area contributed by atoms with Crippen LogP contribution in [0.2, 0.25) is 0 Å². The van der Waals surface area contributed by atoms with E-state index in [2.05, 4.69) is 10.3 Å². The lowest BCUT2D eigenvalue weighted by atomic mass is 10.1. The first-order valence-corrected chi connectivity index (χ1v) is 5.40. The predicted octanol–water partition coefficient (Wildman–Crippen LogP) is 1.64. The number of aromatic amines is 1. The molecule has 1 heterocycles. The van der Waals surface area contributed by atoms with E-state index >= 15 is 0 Å². The summed E-state index contributed by atoms with van der Waals surface area (Å²) in [5, 5.41) is 11.5. The van der Waals surface area contributed by atoms with E-state index in [9.17, 15) is 9.59 Å². The molecule has 0 bridgehead atoms. The van der Waals surface area contributed by atoms with Gasteiger partial charge in [0.05, 0.1) is 5.56 Å². The molecule has 0 saturated carbocycles. The zero-order valence-corrected chi connectivity index (χ0v) is 9.51. The molecule has 18 heavy (non-hydrogen) atoms. The van der Waals surface area contributed by atoms with Crippen LogP contribution in [0.5, 0.6) is 0 Å². The van der Waals surface area contributed by atoms with E-state index in [1.54, 1.807) is 12.4 Å². The molecule has 0 aliphatic rings. The van der Waals surface area contributed by atoms with Crippen LogP contribution in [0.15, 0.2) is 42.7 Å². The maximum Gasteiger partial charge on any atom is 0.335 e. The van der Waals surface area contributed by atoms with E-state index in [1.807, 2.05) is 6.07 Å². The quantitative estimate of drug-likeness (QED) is 0.764. The highest BCUT2D eigenvalue weighted by molar-refractivity contribution is 5.95. The lowest BCUT2D eigenvalue weighted by Gasteiger charge is -2.04. The molecule has 0 aliphatic heterocycles.